The van der Waals surface area contributed by atoms with E-state index < -0.39 is 15.8 Å². The van der Waals surface area contributed by atoms with Gasteiger partial charge in [0, 0.05) is 12.7 Å². The lowest BCUT2D eigenvalue weighted by Crippen LogP contribution is -2.09. The monoisotopic (exact) mass is 338 g/mol. The molecule has 0 saturated heterocycles. The van der Waals surface area contributed by atoms with Gasteiger partial charge in [0.1, 0.15) is 0 Å². The van der Waals surface area contributed by atoms with Gasteiger partial charge in [-0.05, 0) is 23.8 Å². The fraction of sp³-hybridized carbons (Fsp3) is 0.188. The van der Waals surface area contributed by atoms with Gasteiger partial charge in [-0.25, -0.2) is 13.2 Å². The first-order valence-corrected chi connectivity index (χ1v) is 8.85. The predicted octanol–water partition coefficient (Wildman–Crippen LogP) is 3.14. The molecule has 0 aliphatic heterocycles. The summed E-state index contributed by atoms with van der Waals surface area (Å²) in [6, 6.07) is 13.7. The van der Waals surface area contributed by atoms with Crippen molar-refractivity contribution in [3.8, 4) is 0 Å². The number of halogens is 1. The molecule has 0 amide bonds. The third kappa shape index (κ3) is 4.32. The molecule has 0 radical (unpaired) electrons. The minimum Gasteiger partial charge on any atom is -0.462 e. The summed E-state index contributed by atoms with van der Waals surface area (Å²) in [7, 11) is -3.49. The molecule has 0 N–H and O–H groups in total. The van der Waals surface area contributed by atoms with E-state index in [4.69, 9.17) is 16.3 Å². The third-order valence-corrected chi connectivity index (χ3v) is 4.61. The second-order valence-electron chi connectivity index (χ2n) is 4.79. The van der Waals surface area contributed by atoms with Crippen LogP contribution in [0.4, 0.5) is 0 Å². The molecule has 4 nitrogen and oxygen atoms in total. The minimum absolute atomic E-state index is 0.0772. The Morgan fingerprint density at radius 2 is 1.82 bits per heavy atom. The van der Waals surface area contributed by atoms with Crippen molar-refractivity contribution >= 4 is 27.4 Å². The molecule has 0 spiro atoms. The second kappa shape index (κ2) is 6.94. The number of carbonyl (C=O) groups is 1. The summed E-state index contributed by atoms with van der Waals surface area (Å²) in [5, 5.41) is 0.0864. The molecule has 0 heterocycles. The normalized spacial score (nSPS) is 11.2. The van der Waals surface area contributed by atoms with Crippen LogP contribution >= 0.6 is 11.6 Å². The largest absolute Gasteiger partial charge is 0.462 e. The smallest absolute Gasteiger partial charge is 0.338 e. The second-order valence-corrected chi connectivity index (χ2v) is 7.18. The van der Waals surface area contributed by atoms with Crippen molar-refractivity contribution in [2.24, 2.45) is 0 Å². The molecular weight excluding hydrogens is 324 g/mol. The van der Waals surface area contributed by atoms with Crippen LogP contribution in [-0.2, 0) is 21.0 Å². The summed E-state index contributed by atoms with van der Waals surface area (Å²) < 4.78 is 28.3. The van der Waals surface area contributed by atoms with Gasteiger partial charge < -0.3 is 4.74 Å². The van der Waals surface area contributed by atoms with E-state index in [1.807, 2.05) is 30.3 Å². The molecule has 0 bridgehead atoms. The number of benzene rings is 2. The Hall–Kier alpha value is -1.85. The van der Waals surface area contributed by atoms with Crippen molar-refractivity contribution in [3.63, 3.8) is 0 Å². The Balaban J connectivity index is 2.04. The van der Waals surface area contributed by atoms with Gasteiger partial charge in [0.2, 0.25) is 0 Å². The first kappa shape index (κ1) is 16.5. The highest BCUT2D eigenvalue weighted by Gasteiger charge is 2.16. The first-order chi connectivity index (χ1) is 10.4. The van der Waals surface area contributed by atoms with Crippen molar-refractivity contribution in [3.05, 3.63) is 64.7 Å². The average molecular weight is 339 g/mol. The fourth-order valence-electron chi connectivity index (χ4n) is 1.90. The summed E-state index contributed by atoms with van der Waals surface area (Å²) in [4.78, 5) is 11.9. The van der Waals surface area contributed by atoms with Gasteiger partial charge in [0.05, 0.1) is 22.1 Å². The van der Waals surface area contributed by atoms with Gasteiger partial charge in [-0.1, -0.05) is 41.9 Å². The Morgan fingerprint density at radius 1 is 1.14 bits per heavy atom. The van der Waals surface area contributed by atoms with Gasteiger partial charge in [-0.3, -0.25) is 0 Å². The van der Waals surface area contributed by atoms with E-state index >= 15 is 0 Å². The molecule has 2 aromatic carbocycles. The summed E-state index contributed by atoms with van der Waals surface area (Å²) in [6.45, 7) is 0.222. The molecule has 0 atom stereocenters. The highest BCUT2D eigenvalue weighted by atomic mass is 35.5. The summed E-state index contributed by atoms with van der Waals surface area (Å²) in [5.74, 6) is -0.572. The molecule has 0 aliphatic rings. The number of carbonyl (C=O) groups excluding carboxylic acids is 1. The highest BCUT2D eigenvalue weighted by Crippen LogP contribution is 2.23. The van der Waals surface area contributed by atoms with Gasteiger partial charge in [-0.15, -0.1) is 0 Å². The summed E-state index contributed by atoms with van der Waals surface area (Å²) in [5.41, 5.74) is 1.22. The quantitative estimate of drug-likeness (QED) is 0.786. The lowest BCUT2D eigenvalue weighted by Gasteiger charge is -2.07. The Kier molecular flexibility index (Phi) is 5.21. The van der Waals surface area contributed by atoms with Crippen molar-refractivity contribution in [2.75, 3.05) is 12.9 Å². The summed E-state index contributed by atoms with van der Waals surface area (Å²) in [6.07, 6.45) is 1.64. The Labute approximate surface area is 134 Å². The molecule has 0 aromatic heterocycles. The number of hydrogen-bond acceptors (Lipinski definition) is 4. The molecule has 116 valence electrons. The van der Waals surface area contributed by atoms with Crippen LogP contribution in [0.2, 0.25) is 5.02 Å². The number of hydrogen-bond donors (Lipinski definition) is 0. The number of ether oxygens (including phenoxy) is 1. The minimum atomic E-state index is -3.49. The predicted molar refractivity (Wildman–Crippen MR) is 85.0 cm³/mol. The topological polar surface area (TPSA) is 60.4 Å². The number of rotatable bonds is 5. The number of esters is 1. The van der Waals surface area contributed by atoms with E-state index in [-0.39, 0.29) is 22.1 Å². The molecule has 0 aliphatic carbocycles. The van der Waals surface area contributed by atoms with Crippen molar-refractivity contribution < 1.29 is 17.9 Å². The molecule has 2 rings (SSSR count). The zero-order chi connectivity index (χ0) is 16.2. The summed E-state index contributed by atoms with van der Waals surface area (Å²) >= 11 is 5.84. The maximum Gasteiger partial charge on any atom is 0.338 e. The van der Waals surface area contributed by atoms with E-state index in [0.717, 1.165) is 11.8 Å². The van der Waals surface area contributed by atoms with Crippen molar-refractivity contribution in [2.45, 2.75) is 11.3 Å². The van der Waals surface area contributed by atoms with Crippen LogP contribution in [0.15, 0.2) is 53.4 Å². The molecule has 2 aromatic rings. The lowest BCUT2D eigenvalue weighted by atomic mass is 10.2. The number of sulfone groups is 1. The maximum atomic E-state index is 12.0. The van der Waals surface area contributed by atoms with E-state index in [1.165, 1.54) is 18.2 Å². The van der Waals surface area contributed by atoms with E-state index in [9.17, 15) is 13.2 Å². The molecule has 0 saturated carbocycles. The zero-order valence-corrected chi connectivity index (χ0v) is 13.5. The Morgan fingerprint density at radius 3 is 2.45 bits per heavy atom. The van der Waals surface area contributed by atoms with Crippen LogP contribution in [-0.4, -0.2) is 27.2 Å². The Bertz CT molecular complexity index is 770. The van der Waals surface area contributed by atoms with Crippen molar-refractivity contribution in [1.82, 2.24) is 0 Å². The maximum absolute atomic E-state index is 12.0. The lowest BCUT2D eigenvalue weighted by molar-refractivity contribution is 0.0509. The van der Waals surface area contributed by atoms with E-state index in [0.29, 0.717) is 6.42 Å². The standard InChI is InChI=1S/C16H15ClO4S/c1-22(19,20)15-11-13(7-8-14(15)17)16(18)21-10-9-12-5-3-2-4-6-12/h2-8,11H,9-10H2,1H3. The molecule has 22 heavy (non-hydrogen) atoms. The molecular formula is C16H15ClO4S. The van der Waals surface area contributed by atoms with Crippen LogP contribution < -0.4 is 0 Å². The van der Waals surface area contributed by atoms with E-state index in [1.54, 1.807) is 0 Å². The van der Waals surface area contributed by atoms with Gasteiger partial charge >= 0.3 is 5.97 Å². The third-order valence-electron chi connectivity index (χ3n) is 3.03. The molecule has 0 unspecified atom stereocenters. The first-order valence-electron chi connectivity index (χ1n) is 6.58. The molecule has 6 heteroatoms. The van der Waals surface area contributed by atoms with Crippen LogP contribution in [0.5, 0.6) is 0 Å². The van der Waals surface area contributed by atoms with Crippen LogP contribution in [0.1, 0.15) is 15.9 Å². The zero-order valence-electron chi connectivity index (χ0n) is 12.0. The SMILES string of the molecule is CS(=O)(=O)c1cc(C(=O)OCCc2ccccc2)ccc1Cl. The van der Waals surface area contributed by atoms with Crippen molar-refractivity contribution in [1.29, 1.82) is 0 Å². The van der Waals surface area contributed by atoms with Crippen LogP contribution in [0, 0.1) is 0 Å². The van der Waals surface area contributed by atoms with Crippen LogP contribution in [0.25, 0.3) is 0 Å². The van der Waals surface area contributed by atoms with Crippen LogP contribution in [0.3, 0.4) is 0 Å². The van der Waals surface area contributed by atoms with Gasteiger partial charge in [0.25, 0.3) is 0 Å². The molecule has 0 fully saturated rings. The highest BCUT2D eigenvalue weighted by molar-refractivity contribution is 7.90. The van der Waals surface area contributed by atoms with Gasteiger partial charge in [0.15, 0.2) is 9.84 Å². The van der Waals surface area contributed by atoms with Gasteiger partial charge in [-0.2, -0.15) is 0 Å². The van der Waals surface area contributed by atoms with E-state index in [2.05, 4.69) is 0 Å². The fourth-order valence-corrected chi connectivity index (χ4v) is 3.21. The average Bonchev–Trinajstić information content (AvgIpc) is 2.47.